The number of hydrogen-bond acceptors (Lipinski definition) is 6. The van der Waals surface area contributed by atoms with Gasteiger partial charge in [0.2, 0.25) is 0 Å². The van der Waals surface area contributed by atoms with E-state index in [0.29, 0.717) is 45.0 Å². The third-order valence-electron chi connectivity index (χ3n) is 7.60. The van der Waals surface area contributed by atoms with Gasteiger partial charge in [0.1, 0.15) is 0 Å². The van der Waals surface area contributed by atoms with E-state index in [1.165, 1.54) is 0 Å². The number of rotatable bonds is 4. The number of nitrogens with two attached hydrogens (primary N) is 2. The van der Waals surface area contributed by atoms with Gasteiger partial charge in [-0.3, -0.25) is 19.2 Å². The van der Waals surface area contributed by atoms with Crippen LogP contribution in [0.15, 0.2) is 128 Å². The molecule has 8 nitrogen and oxygen atoms in total. The van der Waals surface area contributed by atoms with Gasteiger partial charge in [0.05, 0.1) is 32.9 Å². The summed E-state index contributed by atoms with van der Waals surface area (Å²) in [4.78, 5) is 57.0. The van der Waals surface area contributed by atoms with Crippen molar-refractivity contribution in [3.05, 3.63) is 151 Å². The normalized spacial score (nSPS) is 11.4. The van der Waals surface area contributed by atoms with Crippen molar-refractivity contribution in [2.24, 2.45) is 0 Å². The van der Waals surface area contributed by atoms with Crippen LogP contribution in [0.4, 0.5) is 11.4 Å². The van der Waals surface area contributed by atoms with Crippen LogP contribution in [0.5, 0.6) is 0 Å². The van der Waals surface area contributed by atoms with Crippen molar-refractivity contribution in [2.45, 2.75) is 0 Å². The molecule has 4 N–H and O–H groups in total. The zero-order valence-electron chi connectivity index (χ0n) is 22.1. The van der Waals surface area contributed by atoms with Crippen LogP contribution in [0.3, 0.4) is 0 Å². The summed E-state index contributed by atoms with van der Waals surface area (Å²) in [6, 6.07) is 30.9. The SMILES string of the molecule is Nc1ccc(-n2c(=O)c3c(-c4ccccc4)c(-c4ccccc4)c4c(=O)n(-c5ccc(N)cc5)c(=O)c4c3c2=O)cc1. The molecule has 202 valence electrons. The predicted octanol–water partition coefficient (Wildman–Crippen LogP) is 4.39. The van der Waals surface area contributed by atoms with E-state index in [4.69, 9.17) is 11.5 Å². The number of anilines is 2. The summed E-state index contributed by atoms with van der Waals surface area (Å²) in [7, 11) is 0. The highest BCUT2D eigenvalue weighted by atomic mass is 16.2. The second-order valence-electron chi connectivity index (χ2n) is 10.1. The standard InChI is InChI=1S/C34H22N4O4/c35-21-11-15-23(16-12-21)37-31(39)27-25(19-7-3-1-4-8-19)26(20-9-5-2-6-10-20)28-30(29(27)33(37)41)34(42)38(32(28)40)24-17-13-22(36)14-18-24/h1-18H,35-36H2. The number of hydrogen-bond donors (Lipinski definition) is 2. The van der Waals surface area contributed by atoms with Crippen LogP contribution in [0.25, 0.3) is 55.2 Å². The summed E-state index contributed by atoms with van der Waals surface area (Å²) in [6.07, 6.45) is 0. The van der Waals surface area contributed by atoms with Gasteiger partial charge < -0.3 is 11.5 Å². The first-order valence-corrected chi connectivity index (χ1v) is 13.2. The Bertz CT molecular complexity index is 2190. The minimum Gasteiger partial charge on any atom is -0.399 e. The van der Waals surface area contributed by atoms with E-state index < -0.39 is 22.2 Å². The van der Waals surface area contributed by atoms with Gasteiger partial charge >= 0.3 is 0 Å². The first-order chi connectivity index (χ1) is 20.4. The second-order valence-corrected chi connectivity index (χ2v) is 10.1. The van der Waals surface area contributed by atoms with E-state index in [0.717, 1.165) is 9.13 Å². The zero-order valence-corrected chi connectivity index (χ0v) is 22.1. The van der Waals surface area contributed by atoms with E-state index in [9.17, 15) is 19.2 Å². The largest absolute Gasteiger partial charge is 0.399 e. The number of benzene rings is 5. The van der Waals surface area contributed by atoms with E-state index >= 15 is 0 Å². The Balaban J connectivity index is 1.79. The van der Waals surface area contributed by atoms with Crippen molar-refractivity contribution in [1.82, 2.24) is 9.13 Å². The van der Waals surface area contributed by atoms with Gasteiger partial charge in [0.25, 0.3) is 22.2 Å². The topological polar surface area (TPSA) is 130 Å². The monoisotopic (exact) mass is 550 g/mol. The maximum Gasteiger partial charge on any atom is 0.267 e. The Morgan fingerprint density at radius 1 is 0.381 bits per heavy atom. The fourth-order valence-electron chi connectivity index (χ4n) is 5.74. The molecule has 0 amide bonds. The Labute approximate surface area is 237 Å². The Morgan fingerprint density at radius 3 is 1.02 bits per heavy atom. The minimum atomic E-state index is -0.687. The van der Waals surface area contributed by atoms with Gasteiger partial charge in [-0.05, 0) is 59.7 Å². The molecule has 0 fully saturated rings. The lowest BCUT2D eigenvalue weighted by Crippen LogP contribution is -2.24. The van der Waals surface area contributed by atoms with Crippen LogP contribution >= 0.6 is 0 Å². The molecule has 0 aliphatic carbocycles. The lowest BCUT2D eigenvalue weighted by atomic mass is 9.87. The highest BCUT2D eigenvalue weighted by Gasteiger charge is 2.30. The third kappa shape index (κ3) is 3.55. The molecule has 2 heterocycles. The third-order valence-corrected chi connectivity index (χ3v) is 7.60. The molecule has 0 aliphatic heterocycles. The molecular weight excluding hydrogens is 528 g/mol. The average Bonchev–Trinajstić information content (AvgIpc) is 3.42. The molecule has 0 unspecified atom stereocenters. The lowest BCUT2D eigenvalue weighted by Gasteiger charge is -2.13. The first kappa shape index (κ1) is 25.0. The molecule has 5 aromatic carbocycles. The van der Waals surface area contributed by atoms with Crippen LogP contribution < -0.4 is 33.7 Å². The molecule has 0 aliphatic rings. The maximum atomic E-state index is 14.3. The fraction of sp³-hybridized carbons (Fsp3) is 0. The molecule has 0 spiro atoms. The Morgan fingerprint density at radius 2 is 0.690 bits per heavy atom. The van der Waals surface area contributed by atoms with Gasteiger partial charge in [-0.25, -0.2) is 9.13 Å². The van der Waals surface area contributed by atoms with Crippen molar-refractivity contribution < 1.29 is 0 Å². The molecule has 42 heavy (non-hydrogen) atoms. The smallest absolute Gasteiger partial charge is 0.267 e. The Kier molecular flexibility index (Phi) is 5.52. The Hall–Kier alpha value is -6.02. The molecule has 0 saturated carbocycles. The van der Waals surface area contributed by atoms with Gasteiger partial charge in [0, 0.05) is 22.5 Å². The van der Waals surface area contributed by atoms with E-state index in [1.807, 2.05) is 60.7 Å². The molecule has 8 heteroatoms. The summed E-state index contributed by atoms with van der Waals surface area (Å²) in [5.74, 6) is 0. The number of aromatic nitrogens is 2. The summed E-state index contributed by atoms with van der Waals surface area (Å²) >= 11 is 0. The molecule has 0 atom stereocenters. The van der Waals surface area contributed by atoms with Crippen molar-refractivity contribution in [3.63, 3.8) is 0 Å². The predicted molar refractivity (Wildman–Crippen MR) is 167 cm³/mol. The van der Waals surface area contributed by atoms with Crippen LogP contribution in [0.2, 0.25) is 0 Å². The second kappa shape index (κ2) is 9.28. The number of fused-ring (bicyclic) bond motifs is 3. The van der Waals surface area contributed by atoms with Gasteiger partial charge in [-0.15, -0.1) is 0 Å². The van der Waals surface area contributed by atoms with Crippen molar-refractivity contribution in [3.8, 4) is 33.6 Å². The number of nitrogen functional groups attached to an aromatic ring is 2. The molecular formula is C34H22N4O4. The first-order valence-electron chi connectivity index (χ1n) is 13.2. The van der Waals surface area contributed by atoms with E-state index in [-0.39, 0.29) is 21.5 Å². The minimum absolute atomic E-state index is 0.0703. The van der Waals surface area contributed by atoms with Gasteiger partial charge in [0.15, 0.2) is 0 Å². The van der Waals surface area contributed by atoms with E-state index in [1.54, 1.807) is 48.5 Å². The van der Waals surface area contributed by atoms with Crippen molar-refractivity contribution >= 4 is 32.9 Å². The average molecular weight is 551 g/mol. The molecule has 7 aromatic rings. The van der Waals surface area contributed by atoms with Crippen LogP contribution in [0, 0.1) is 0 Å². The maximum absolute atomic E-state index is 14.3. The fourth-order valence-corrected chi connectivity index (χ4v) is 5.74. The molecule has 7 rings (SSSR count). The molecule has 0 saturated heterocycles. The highest BCUT2D eigenvalue weighted by Crippen LogP contribution is 2.41. The number of nitrogens with zero attached hydrogens (tertiary/aromatic N) is 2. The quantitative estimate of drug-likeness (QED) is 0.313. The van der Waals surface area contributed by atoms with E-state index in [2.05, 4.69) is 0 Å². The van der Waals surface area contributed by atoms with Gasteiger partial charge in [-0.2, -0.15) is 0 Å². The summed E-state index contributed by atoms with van der Waals surface area (Å²) in [5, 5.41) is -0.0508. The summed E-state index contributed by atoms with van der Waals surface area (Å²) in [6.45, 7) is 0. The molecule has 2 aromatic heterocycles. The highest BCUT2D eigenvalue weighted by molar-refractivity contribution is 6.21. The van der Waals surface area contributed by atoms with Crippen LogP contribution in [-0.2, 0) is 0 Å². The van der Waals surface area contributed by atoms with Crippen molar-refractivity contribution in [1.29, 1.82) is 0 Å². The van der Waals surface area contributed by atoms with Crippen molar-refractivity contribution in [2.75, 3.05) is 11.5 Å². The van der Waals surface area contributed by atoms with Crippen LogP contribution in [0.1, 0.15) is 0 Å². The zero-order chi connectivity index (χ0) is 29.1. The molecule has 0 bridgehead atoms. The molecule has 0 radical (unpaired) electrons. The lowest BCUT2D eigenvalue weighted by molar-refractivity contribution is 0.987. The van der Waals surface area contributed by atoms with Crippen LogP contribution in [-0.4, -0.2) is 9.13 Å². The summed E-state index contributed by atoms with van der Waals surface area (Å²) < 4.78 is 2.07. The summed E-state index contributed by atoms with van der Waals surface area (Å²) in [5.41, 5.74) is 12.8. The van der Waals surface area contributed by atoms with Gasteiger partial charge in [-0.1, -0.05) is 60.7 Å².